The van der Waals surface area contributed by atoms with Crippen LogP contribution in [0.5, 0.6) is 0 Å². The quantitative estimate of drug-likeness (QED) is 0.0560. The van der Waals surface area contributed by atoms with E-state index in [4.69, 9.17) is 4.74 Å². The highest BCUT2D eigenvalue weighted by Crippen LogP contribution is 2.33. The highest BCUT2D eigenvalue weighted by molar-refractivity contribution is 5.66. The second-order valence-electron chi connectivity index (χ2n) is 13.6. The smallest absolute Gasteiger partial charge is 0.303 e. The van der Waals surface area contributed by atoms with Crippen LogP contribution >= 0.6 is 0 Å². The van der Waals surface area contributed by atoms with Gasteiger partial charge in [-0.3, -0.25) is 4.79 Å². The first kappa shape index (κ1) is 40.5. The minimum absolute atomic E-state index is 0.0590. The predicted molar refractivity (Wildman–Crippen MR) is 184 cm³/mol. The molecule has 0 unspecified atom stereocenters. The second-order valence-corrected chi connectivity index (χ2v) is 13.6. The molecule has 0 rings (SSSR count). The third kappa shape index (κ3) is 29.3. The van der Waals surface area contributed by atoms with Gasteiger partial charge in [0, 0.05) is 6.92 Å². The fraction of sp³-hybridized carbons (Fsp3) is 0.974. The van der Waals surface area contributed by atoms with Crippen LogP contribution in [0.4, 0.5) is 0 Å². The maximum Gasteiger partial charge on any atom is 0.303 e. The molecule has 0 saturated carbocycles. The van der Waals surface area contributed by atoms with Crippen LogP contribution in [0.1, 0.15) is 240 Å². The maximum absolute atomic E-state index is 12.3. The molecule has 0 aliphatic carbocycles. The molecular weight excluding hydrogens is 500 g/mol. The summed E-state index contributed by atoms with van der Waals surface area (Å²) in [5.41, 5.74) is -0.202. The number of rotatable bonds is 34. The van der Waals surface area contributed by atoms with Crippen molar-refractivity contribution < 1.29 is 9.53 Å². The van der Waals surface area contributed by atoms with Crippen molar-refractivity contribution in [1.29, 1.82) is 0 Å². The van der Waals surface area contributed by atoms with Crippen molar-refractivity contribution in [3.05, 3.63) is 0 Å². The van der Waals surface area contributed by atoms with Crippen LogP contribution in [-0.2, 0) is 9.53 Å². The molecule has 0 aromatic rings. The van der Waals surface area contributed by atoms with Crippen LogP contribution in [0, 0.1) is 0 Å². The van der Waals surface area contributed by atoms with Crippen molar-refractivity contribution >= 4 is 5.97 Å². The molecule has 0 aliphatic heterocycles. The molecule has 0 atom stereocenters. The lowest BCUT2D eigenvalue weighted by molar-refractivity contribution is -0.160. The van der Waals surface area contributed by atoms with E-state index in [1.165, 1.54) is 193 Å². The molecule has 2 heteroatoms. The Morgan fingerprint density at radius 1 is 0.366 bits per heavy atom. The summed E-state index contributed by atoms with van der Waals surface area (Å²) < 4.78 is 6.25. The molecule has 2 nitrogen and oxygen atoms in total. The van der Waals surface area contributed by atoms with Gasteiger partial charge in [-0.2, -0.15) is 0 Å². The third-order valence-electron chi connectivity index (χ3n) is 9.32. The van der Waals surface area contributed by atoms with Gasteiger partial charge in [-0.05, 0) is 38.5 Å². The summed E-state index contributed by atoms with van der Waals surface area (Å²) in [6.07, 6.45) is 44.1. The number of hydrogen-bond donors (Lipinski definition) is 0. The van der Waals surface area contributed by atoms with Gasteiger partial charge in [0.2, 0.25) is 0 Å². The summed E-state index contributed by atoms with van der Waals surface area (Å²) in [5.74, 6) is -0.0590. The van der Waals surface area contributed by atoms with Gasteiger partial charge < -0.3 is 4.74 Å². The molecule has 0 radical (unpaired) electrons. The molecule has 0 aromatic carbocycles. The Morgan fingerprint density at radius 3 is 0.756 bits per heavy atom. The molecule has 0 spiro atoms. The first-order chi connectivity index (χ1) is 20.1. The summed E-state index contributed by atoms with van der Waals surface area (Å²) in [6.45, 7) is 8.53. The molecule has 0 heterocycles. The van der Waals surface area contributed by atoms with Gasteiger partial charge in [-0.25, -0.2) is 0 Å². The van der Waals surface area contributed by atoms with E-state index in [1.807, 2.05) is 0 Å². The van der Waals surface area contributed by atoms with Crippen LogP contribution < -0.4 is 0 Å². The molecule has 0 aliphatic rings. The van der Waals surface area contributed by atoms with E-state index < -0.39 is 0 Å². The number of esters is 1. The lowest BCUT2D eigenvalue weighted by Crippen LogP contribution is -2.35. The highest BCUT2D eigenvalue weighted by atomic mass is 16.6. The first-order valence-corrected chi connectivity index (χ1v) is 19.3. The molecule has 41 heavy (non-hydrogen) atoms. The van der Waals surface area contributed by atoms with Crippen molar-refractivity contribution in [3.8, 4) is 0 Å². The zero-order valence-corrected chi connectivity index (χ0v) is 29.2. The number of ether oxygens (including phenoxy) is 1. The van der Waals surface area contributed by atoms with E-state index in [0.29, 0.717) is 0 Å². The average molecular weight is 579 g/mol. The van der Waals surface area contributed by atoms with Crippen LogP contribution in [0.3, 0.4) is 0 Å². The monoisotopic (exact) mass is 579 g/mol. The minimum Gasteiger partial charge on any atom is -0.459 e. The zero-order chi connectivity index (χ0) is 30.1. The predicted octanol–water partition coefficient (Wildman–Crippen LogP) is 14.2. The Bertz CT molecular complexity index is 454. The zero-order valence-electron chi connectivity index (χ0n) is 29.2. The van der Waals surface area contributed by atoms with E-state index in [0.717, 1.165) is 19.3 Å². The third-order valence-corrected chi connectivity index (χ3v) is 9.32. The van der Waals surface area contributed by atoms with Crippen LogP contribution in [0.15, 0.2) is 0 Å². The molecular formula is C39H78O2. The van der Waals surface area contributed by atoms with Crippen molar-refractivity contribution in [3.63, 3.8) is 0 Å². The lowest BCUT2D eigenvalue weighted by atomic mass is 9.84. The molecule has 0 amide bonds. The second kappa shape index (κ2) is 32.4. The average Bonchev–Trinajstić information content (AvgIpc) is 2.95. The van der Waals surface area contributed by atoms with Gasteiger partial charge in [0.15, 0.2) is 0 Å². The van der Waals surface area contributed by atoms with Gasteiger partial charge in [0.1, 0.15) is 5.60 Å². The number of hydrogen-bond acceptors (Lipinski definition) is 2. The van der Waals surface area contributed by atoms with E-state index in [-0.39, 0.29) is 11.6 Å². The maximum atomic E-state index is 12.3. The molecule has 0 N–H and O–H groups in total. The van der Waals surface area contributed by atoms with Gasteiger partial charge in [-0.1, -0.05) is 194 Å². The van der Waals surface area contributed by atoms with Crippen LogP contribution in [0.25, 0.3) is 0 Å². The normalized spacial score (nSPS) is 11.8. The summed E-state index contributed by atoms with van der Waals surface area (Å²) >= 11 is 0. The van der Waals surface area contributed by atoms with E-state index >= 15 is 0 Å². The molecule has 246 valence electrons. The van der Waals surface area contributed by atoms with E-state index in [2.05, 4.69) is 20.8 Å². The Morgan fingerprint density at radius 2 is 0.561 bits per heavy atom. The lowest BCUT2D eigenvalue weighted by Gasteiger charge is -2.34. The Hall–Kier alpha value is -0.530. The SMILES string of the molecule is CCCCCCCCCCCCC(CCCCCCCCCCCC)(CCCCCCCCCCCC)OC(C)=O. The van der Waals surface area contributed by atoms with Crippen molar-refractivity contribution in [2.75, 3.05) is 0 Å². The first-order valence-electron chi connectivity index (χ1n) is 19.3. The number of unbranched alkanes of at least 4 members (excludes halogenated alkanes) is 27. The molecule has 0 saturated heterocycles. The van der Waals surface area contributed by atoms with E-state index in [1.54, 1.807) is 6.92 Å². The van der Waals surface area contributed by atoms with Gasteiger partial charge in [0.05, 0.1) is 0 Å². The van der Waals surface area contributed by atoms with Gasteiger partial charge >= 0.3 is 5.97 Å². The van der Waals surface area contributed by atoms with E-state index in [9.17, 15) is 4.79 Å². The van der Waals surface area contributed by atoms with Crippen LogP contribution in [0.2, 0.25) is 0 Å². The number of carbonyl (C=O) groups is 1. The van der Waals surface area contributed by atoms with Gasteiger partial charge in [0.25, 0.3) is 0 Å². The van der Waals surface area contributed by atoms with Crippen LogP contribution in [-0.4, -0.2) is 11.6 Å². The fourth-order valence-corrected chi connectivity index (χ4v) is 6.64. The van der Waals surface area contributed by atoms with Crippen molar-refractivity contribution in [1.82, 2.24) is 0 Å². The Labute approximate surface area is 260 Å². The molecule has 0 fully saturated rings. The van der Waals surface area contributed by atoms with Crippen molar-refractivity contribution in [2.24, 2.45) is 0 Å². The minimum atomic E-state index is -0.202. The summed E-state index contributed by atoms with van der Waals surface area (Å²) in [4.78, 5) is 12.3. The van der Waals surface area contributed by atoms with Gasteiger partial charge in [-0.15, -0.1) is 0 Å². The Kier molecular flexibility index (Phi) is 32.0. The summed E-state index contributed by atoms with van der Waals surface area (Å²) in [5, 5.41) is 0. The van der Waals surface area contributed by atoms with Crippen molar-refractivity contribution in [2.45, 2.75) is 245 Å². The summed E-state index contributed by atoms with van der Waals surface area (Å²) in [6, 6.07) is 0. The highest BCUT2D eigenvalue weighted by Gasteiger charge is 2.32. The molecule has 0 aromatic heterocycles. The fourth-order valence-electron chi connectivity index (χ4n) is 6.64. The number of carbonyl (C=O) groups excluding carboxylic acids is 1. The largest absolute Gasteiger partial charge is 0.459 e. The standard InChI is InChI=1S/C39H78O2/c1-5-8-11-14-17-20-23-26-29-32-35-39(41-38(4)40,36-33-30-27-24-21-18-15-12-9-6-2)37-34-31-28-25-22-19-16-13-10-7-3/h5-37H2,1-4H3. The summed E-state index contributed by atoms with van der Waals surface area (Å²) in [7, 11) is 0. The Balaban J connectivity index is 4.51. The molecule has 0 bridgehead atoms. The topological polar surface area (TPSA) is 26.3 Å².